The summed E-state index contributed by atoms with van der Waals surface area (Å²) in [7, 11) is 0. The van der Waals surface area contributed by atoms with Crippen LogP contribution in [0.15, 0.2) is 52.1 Å². The predicted molar refractivity (Wildman–Crippen MR) is 127 cm³/mol. The van der Waals surface area contributed by atoms with E-state index in [0.717, 1.165) is 37.9 Å². The second-order valence-electron chi connectivity index (χ2n) is 8.29. The van der Waals surface area contributed by atoms with Crippen LogP contribution in [0.1, 0.15) is 35.2 Å². The summed E-state index contributed by atoms with van der Waals surface area (Å²) in [5.74, 6) is 1.05. The van der Waals surface area contributed by atoms with E-state index in [1.807, 2.05) is 17.0 Å². The average molecular weight is 447 g/mol. The number of fused-ring (bicyclic) bond motifs is 1. The fourth-order valence-corrected chi connectivity index (χ4v) is 4.25. The third kappa shape index (κ3) is 4.28. The van der Waals surface area contributed by atoms with Crippen molar-refractivity contribution in [3.05, 3.63) is 74.0 Å². The predicted octanol–water partition coefficient (Wildman–Crippen LogP) is 2.91. The van der Waals surface area contributed by atoms with Crippen LogP contribution in [0.3, 0.4) is 0 Å². The first-order valence-corrected chi connectivity index (χ1v) is 11.2. The van der Waals surface area contributed by atoms with E-state index in [-0.39, 0.29) is 5.91 Å². The lowest BCUT2D eigenvalue weighted by Gasteiger charge is -2.30. The number of anilines is 3. The molecule has 2 heterocycles. The average Bonchev–Trinajstić information content (AvgIpc) is 2.86. The summed E-state index contributed by atoms with van der Waals surface area (Å²) in [6.45, 7) is 3.02. The summed E-state index contributed by atoms with van der Waals surface area (Å²) < 4.78 is 11.1. The van der Waals surface area contributed by atoms with Gasteiger partial charge >= 0.3 is 0 Å². The number of carbonyl (C=O) groups is 1. The first-order valence-electron chi connectivity index (χ1n) is 11.2. The van der Waals surface area contributed by atoms with Crippen LogP contribution in [-0.4, -0.2) is 32.2 Å². The minimum Gasteiger partial charge on any atom is -0.486 e. The molecule has 1 saturated heterocycles. The number of hydrogen-bond donors (Lipinski definition) is 2. The van der Waals surface area contributed by atoms with Gasteiger partial charge in [-0.05, 0) is 49.1 Å². The van der Waals surface area contributed by atoms with Crippen molar-refractivity contribution in [2.24, 2.45) is 0 Å². The minimum atomic E-state index is -0.453. The summed E-state index contributed by atoms with van der Waals surface area (Å²) in [5, 5.41) is 5.99. The van der Waals surface area contributed by atoms with E-state index in [0.29, 0.717) is 53.9 Å². The summed E-state index contributed by atoms with van der Waals surface area (Å²) in [6.07, 6.45) is 3.23. The molecule has 0 saturated carbocycles. The molecule has 1 fully saturated rings. The molecule has 8 heteroatoms. The monoisotopic (exact) mass is 447 g/mol. The molecule has 0 spiro atoms. The lowest BCUT2D eigenvalue weighted by atomic mass is 10.1. The van der Waals surface area contributed by atoms with Gasteiger partial charge in [0.2, 0.25) is 0 Å². The van der Waals surface area contributed by atoms with Gasteiger partial charge in [-0.2, -0.15) is 0 Å². The smallest absolute Gasteiger partial charge is 0.255 e. The molecular weight excluding hydrogens is 422 g/mol. The van der Waals surface area contributed by atoms with Crippen LogP contribution < -0.4 is 35.9 Å². The molecule has 0 bridgehead atoms. The number of amides is 1. The van der Waals surface area contributed by atoms with Crippen molar-refractivity contribution in [2.75, 3.05) is 41.8 Å². The maximum absolute atomic E-state index is 12.6. The van der Waals surface area contributed by atoms with Gasteiger partial charge in [0, 0.05) is 37.0 Å². The van der Waals surface area contributed by atoms with Gasteiger partial charge in [-0.15, -0.1) is 0 Å². The Kier molecular flexibility index (Phi) is 5.73. The van der Waals surface area contributed by atoms with Crippen LogP contribution in [0.25, 0.3) is 0 Å². The van der Waals surface area contributed by atoms with Crippen LogP contribution >= 0.6 is 0 Å². The van der Waals surface area contributed by atoms with Gasteiger partial charge in [0.25, 0.3) is 16.8 Å². The molecular formula is C25H25N3O5. The maximum Gasteiger partial charge on any atom is 0.255 e. The molecule has 8 nitrogen and oxygen atoms in total. The maximum atomic E-state index is 12.6. The first-order chi connectivity index (χ1) is 16.1. The normalized spacial score (nSPS) is 15.3. The number of nitrogens with one attached hydrogen (secondary N) is 2. The Hall–Kier alpha value is -3.81. The van der Waals surface area contributed by atoms with E-state index in [2.05, 4.69) is 10.6 Å². The topological polar surface area (TPSA) is 97.0 Å². The molecule has 1 amide bonds. The van der Waals surface area contributed by atoms with Crippen molar-refractivity contribution < 1.29 is 14.3 Å². The van der Waals surface area contributed by atoms with Crippen molar-refractivity contribution in [3.63, 3.8) is 0 Å². The highest BCUT2D eigenvalue weighted by Gasteiger charge is 2.26. The number of benzene rings is 2. The SMILES string of the molecule is O=C(Nc1ccc2c(c1)OCCO2)c1ccc(CNc2c(N3CCCCC3)c(=O)c2=O)cc1. The molecule has 2 N–H and O–H groups in total. The molecule has 0 unspecified atom stereocenters. The number of carbonyl (C=O) groups excluding carboxylic acids is 1. The van der Waals surface area contributed by atoms with Gasteiger partial charge in [0.1, 0.15) is 24.6 Å². The fourth-order valence-electron chi connectivity index (χ4n) is 4.25. The van der Waals surface area contributed by atoms with Crippen molar-refractivity contribution >= 4 is 23.0 Å². The number of nitrogens with zero attached hydrogens (tertiary/aromatic N) is 1. The van der Waals surface area contributed by atoms with E-state index >= 15 is 0 Å². The highest BCUT2D eigenvalue weighted by molar-refractivity contribution is 6.04. The minimum absolute atomic E-state index is 0.235. The Morgan fingerprint density at radius 3 is 2.36 bits per heavy atom. The van der Waals surface area contributed by atoms with Crippen molar-refractivity contribution in [1.82, 2.24) is 0 Å². The summed E-state index contributed by atoms with van der Waals surface area (Å²) in [4.78, 5) is 38.8. The van der Waals surface area contributed by atoms with Crippen molar-refractivity contribution in [1.29, 1.82) is 0 Å². The number of hydrogen-bond acceptors (Lipinski definition) is 7. The molecule has 0 radical (unpaired) electrons. The van der Waals surface area contributed by atoms with Crippen molar-refractivity contribution in [2.45, 2.75) is 25.8 Å². The lowest BCUT2D eigenvalue weighted by molar-refractivity contribution is 0.102. The Labute approximate surface area is 190 Å². The van der Waals surface area contributed by atoms with Gasteiger partial charge in [0.15, 0.2) is 11.5 Å². The second kappa shape index (κ2) is 8.97. The van der Waals surface area contributed by atoms with Crippen LogP contribution in [0.2, 0.25) is 0 Å². The molecule has 3 aromatic carbocycles. The summed E-state index contributed by atoms with van der Waals surface area (Å²) >= 11 is 0. The fraction of sp³-hybridized carbons (Fsp3) is 0.320. The first kappa shape index (κ1) is 21.1. The van der Waals surface area contributed by atoms with E-state index in [9.17, 15) is 14.4 Å². The van der Waals surface area contributed by atoms with Gasteiger partial charge in [-0.25, -0.2) is 0 Å². The standard InChI is InChI=1S/C25H25N3O5/c29-23-21(22(24(23)30)28-10-2-1-3-11-28)26-15-16-4-6-17(7-5-16)25(31)27-18-8-9-19-20(14-18)33-13-12-32-19/h4-9,14,26H,1-3,10-13,15H2,(H,27,31). The van der Waals surface area contributed by atoms with Crippen LogP contribution in [0.5, 0.6) is 11.5 Å². The highest BCUT2D eigenvalue weighted by Crippen LogP contribution is 2.32. The number of piperidine rings is 1. The zero-order valence-electron chi connectivity index (χ0n) is 18.2. The third-order valence-corrected chi connectivity index (χ3v) is 6.04. The zero-order valence-corrected chi connectivity index (χ0v) is 18.2. The van der Waals surface area contributed by atoms with Gasteiger partial charge in [-0.3, -0.25) is 14.4 Å². The second-order valence-corrected chi connectivity index (χ2v) is 8.29. The lowest BCUT2D eigenvalue weighted by Crippen LogP contribution is -2.44. The summed E-state index contributed by atoms with van der Waals surface area (Å²) in [6, 6.07) is 12.4. The largest absolute Gasteiger partial charge is 0.486 e. The zero-order chi connectivity index (χ0) is 22.8. The Bertz CT molecular complexity index is 1240. The van der Waals surface area contributed by atoms with Crippen molar-refractivity contribution in [3.8, 4) is 11.5 Å². The molecule has 170 valence electrons. The van der Waals surface area contributed by atoms with Gasteiger partial charge < -0.3 is 25.0 Å². The molecule has 5 rings (SSSR count). The Balaban J connectivity index is 1.21. The molecule has 2 aliphatic rings. The Morgan fingerprint density at radius 2 is 1.61 bits per heavy atom. The molecule has 0 aliphatic carbocycles. The quantitative estimate of drug-likeness (QED) is 0.561. The number of rotatable bonds is 6. The van der Waals surface area contributed by atoms with E-state index in [1.165, 1.54) is 0 Å². The van der Waals surface area contributed by atoms with Crippen LogP contribution in [0.4, 0.5) is 17.1 Å². The molecule has 0 atom stereocenters. The van der Waals surface area contributed by atoms with Crippen LogP contribution in [-0.2, 0) is 6.54 Å². The van der Waals surface area contributed by atoms with Gasteiger partial charge in [-0.1, -0.05) is 12.1 Å². The van der Waals surface area contributed by atoms with Crippen LogP contribution in [0, 0.1) is 0 Å². The Morgan fingerprint density at radius 1 is 0.879 bits per heavy atom. The van der Waals surface area contributed by atoms with Gasteiger partial charge in [0.05, 0.1) is 0 Å². The third-order valence-electron chi connectivity index (χ3n) is 6.04. The van der Waals surface area contributed by atoms with E-state index in [4.69, 9.17) is 9.47 Å². The molecule has 33 heavy (non-hydrogen) atoms. The molecule has 2 aliphatic heterocycles. The number of ether oxygens (including phenoxy) is 2. The highest BCUT2D eigenvalue weighted by atomic mass is 16.6. The van der Waals surface area contributed by atoms with E-state index in [1.54, 1.807) is 30.3 Å². The van der Waals surface area contributed by atoms with E-state index < -0.39 is 10.9 Å². The molecule has 3 aromatic rings. The summed E-state index contributed by atoms with van der Waals surface area (Å²) in [5.41, 5.74) is 2.12. The molecule has 0 aromatic heterocycles.